The molecule has 21 heavy (non-hydrogen) atoms. The van der Waals surface area contributed by atoms with Crippen LogP contribution in [0.4, 0.5) is 26.3 Å². The number of carbonyl (C=O) groups is 1. The molecule has 0 heterocycles. The number of hydrogen-bond donors (Lipinski definition) is 0. The van der Waals surface area contributed by atoms with Crippen molar-refractivity contribution in [2.75, 3.05) is 13.6 Å². The van der Waals surface area contributed by atoms with Crippen LogP contribution in [0.1, 0.15) is 22.3 Å². The molecule has 2 nitrogen and oxygen atoms in total. The maximum absolute atomic E-state index is 12.7. The topological polar surface area (TPSA) is 20.3 Å². The smallest absolute Gasteiger partial charge is 0.341 e. The van der Waals surface area contributed by atoms with Crippen LogP contribution in [-0.4, -0.2) is 30.6 Å². The summed E-state index contributed by atoms with van der Waals surface area (Å²) >= 11 is 2.72. The van der Waals surface area contributed by atoms with E-state index in [2.05, 4.69) is 15.9 Å². The molecule has 0 N–H and O–H groups in total. The second kappa shape index (κ2) is 6.25. The van der Waals surface area contributed by atoms with Gasteiger partial charge in [-0.25, -0.2) is 0 Å². The summed E-state index contributed by atoms with van der Waals surface area (Å²) in [6.07, 6.45) is -10.3. The lowest BCUT2D eigenvalue weighted by Gasteiger charge is -2.19. The Balaban J connectivity index is 2.93. The van der Waals surface area contributed by atoms with Gasteiger partial charge in [0.25, 0.3) is 5.91 Å². The molecule has 0 saturated carbocycles. The van der Waals surface area contributed by atoms with Gasteiger partial charge < -0.3 is 4.90 Å². The second-order valence-corrected chi connectivity index (χ2v) is 5.14. The van der Waals surface area contributed by atoms with Crippen LogP contribution in [-0.2, 0) is 6.18 Å². The summed E-state index contributed by atoms with van der Waals surface area (Å²) in [4.78, 5) is 12.6. The third kappa shape index (κ3) is 5.22. The Hall–Kier alpha value is -1.25. The third-order valence-electron chi connectivity index (χ3n) is 2.60. The highest BCUT2D eigenvalue weighted by molar-refractivity contribution is 9.10. The fraction of sp³-hybridized carbons (Fsp3) is 0.417. The fourth-order valence-corrected chi connectivity index (χ4v) is 1.96. The van der Waals surface area contributed by atoms with Crippen LogP contribution in [0.25, 0.3) is 0 Å². The maximum atomic E-state index is 12.7. The zero-order valence-corrected chi connectivity index (χ0v) is 12.2. The summed E-state index contributed by atoms with van der Waals surface area (Å²) in [5.41, 5.74) is -1.38. The molecule has 0 bridgehead atoms. The van der Waals surface area contributed by atoms with E-state index in [9.17, 15) is 31.1 Å². The van der Waals surface area contributed by atoms with Crippen molar-refractivity contribution in [2.24, 2.45) is 0 Å². The zero-order valence-electron chi connectivity index (χ0n) is 10.6. The van der Waals surface area contributed by atoms with Crippen molar-refractivity contribution in [1.82, 2.24) is 4.90 Å². The van der Waals surface area contributed by atoms with E-state index in [-0.39, 0.29) is 10.0 Å². The van der Waals surface area contributed by atoms with Gasteiger partial charge in [-0.05, 0) is 18.2 Å². The Bertz CT molecular complexity index is 525. The van der Waals surface area contributed by atoms with Crippen LogP contribution in [0.15, 0.2) is 22.7 Å². The van der Waals surface area contributed by atoms with Crippen molar-refractivity contribution < 1.29 is 31.1 Å². The van der Waals surface area contributed by atoms with Crippen molar-refractivity contribution >= 4 is 21.8 Å². The molecular formula is C12H10BrF6NO. The average Bonchev–Trinajstić information content (AvgIpc) is 2.33. The lowest BCUT2D eigenvalue weighted by Crippen LogP contribution is -2.30. The predicted molar refractivity (Wildman–Crippen MR) is 66.8 cm³/mol. The molecule has 1 aromatic rings. The molecule has 118 valence electrons. The first-order valence-electron chi connectivity index (χ1n) is 5.61. The van der Waals surface area contributed by atoms with E-state index in [1.165, 1.54) is 0 Å². The lowest BCUT2D eigenvalue weighted by atomic mass is 10.1. The van der Waals surface area contributed by atoms with Crippen molar-refractivity contribution in [2.45, 2.75) is 18.8 Å². The Morgan fingerprint density at radius 3 is 2.24 bits per heavy atom. The van der Waals surface area contributed by atoms with Crippen molar-refractivity contribution in [1.29, 1.82) is 0 Å². The van der Waals surface area contributed by atoms with Gasteiger partial charge in [-0.15, -0.1) is 0 Å². The van der Waals surface area contributed by atoms with Crippen LogP contribution in [0.5, 0.6) is 0 Å². The number of hydrogen-bond acceptors (Lipinski definition) is 1. The molecule has 1 amide bonds. The molecule has 0 aromatic heterocycles. The van der Waals surface area contributed by atoms with E-state index >= 15 is 0 Å². The van der Waals surface area contributed by atoms with Crippen molar-refractivity contribution in [3.05, 3.63) is 33.8 Å². The highest BCUT2D eigenvalue weighted by atomic mass is 79.9. The van der Waals surface area contributed by atoms with Gasteiger partial charge in [0.15, 0.2) is 0 Å². The molecule has 0 atom stereocenters. The number of rotatable bonds is 3. The number of halogens is 7. The van der Waals surface area contributed by atoms with Gasteiger partial charge in [0.05, 0.1) is 12.0 Å². The number of carbonyl (C=O) groups excluding carboxylic acids is 1. The normalized spacial score (nSPS) is 12.4. The summed E-state index contributed by atoms with van der Waals surface area (Å²) < 4.78 is 74.0. The molecule has 0 aliphatic carbocycles. The van der Waals surface area contributed by atoms with E-state index in [0.29, 0.717) is 6.07 Å². The van der Waals surface area contributed by atoms with Crippen molar-refractivity contribution in [3.63, 3.8) is 0 Å². The molecule has 0 spiro atoms. The third-order valence-corrected chi connectivity index (χ3v) is 3.29. The number of benzene rings is 1. The minimum Gasteiger partial charge on any atom is -0.341 e. The van der Waals surface area contributed by atoms with Gasteiger partial charge in [0.2, 0.25) is 0 Å². The van der Waals surface area contributed by atoms with Crippen LogP contribution in [0, 0.1) is 0 Å². The molecule has 0 fully saturated rings. The summed E-state index contributed by atoms with van der Waals surface area (Å²) in [6, 6.07) is 2.76. The van der Waals surface area contributed by atoms with E-state index in [1.807, 2.05) is 0 Å². The predicted octanol–water partition coefficient (Wildman–Crippen LogP) is 4.49. The first kappa shape index (κ1) is 17.8. The molecule has 0 aliphatic heterocycles. The number of alkyl halides is 6. The Morgan fingerprint density at radius 1 is 1.19 bits per heavy atom. The van der Waals surface area contributed by atoms with Crippen LogP contribution >= 0.6 is 15.9 Å². The van der Waals surface area contributed by atoms with E-state index in [0.717, 1.165) is 24.1 Å². The minimum atomic E-state index is -4.67. The molecule has 0 saturated heterocycles. The molecule has 1 rings (SSSR count). The van der Waals surface area contributed by atoms with E-state index in [4.69, 9.17) is 0 Å². The minimum absolute atomic E-state index is 0.246. The van der Waals surface area contributed by atoms with Gasteiger partial charge in [0, 0.05) is 23.6 Å². The summed E-state index contributed by atoms with van der Waals surface area (Å²) in [6.45, 7) is -0.625. The SMILES string of the molecule is CN(CCC(F)(F)F)C(=O)c1ccc(Br)c(C(F)(F)F)c1. The van der Waals surface area contributed by atoms with E-state index < -0.39 is 36.8 Å². The first-order chi connectivity index (χ1) is 9.42. The summed E-state index contributed by atoms with van der Waals surface area (Å²) in [5.74, 6) is -0.905. The second-order valence-electron chi connectivity index (χ2n) is 4.28. The molecule has 0 radical (unpaired) electrons. The Morgan fingerprint density at radius 2 is 1.76 bits per heavy atom. The Kier molecular flexibility index (Phi) is 5.30. The summed E-state index contributed by atoms with van der Waals surface area (Å²) in [7, 11) is 1.10. The molecule has 1 aromatic carbocycles. The number of nitrogens with zero attached hydrogens (tertiary/aromatic N) is 1. The molecule has 0 aliphatic rings. The zero-order chi connectivity index (χ0) is 16.4. The van der Waals surface area contributed by atoms with E-state index in [1.54, 1.807) is 0 Å². The molecule has 0 unspecified atom stereocenters. The number of amides is 1. The van der Waals surface area contributed by atoms with Crippen molar-refractivity contribution in [3.8, 4) is 0 Å². The fourth-order valence-electron chi connectivity index (χ4n) is 1.49. The van der Waals surface area contributed by atoms with Gasteiger partial charge in [-0.1, -0.05) is 15.9 Å². The Labute approximate surface area is 124 Å². The van der Waals surface area contributed by atoms with Gasteiger partial charge in [-0.2, -0.15) is 26.3 Å². The maximum Gasteiger partial charge on any atom is 0.417 e. The lowest BCUT2D eigenvalue weighted by molar-refractivity contribution is -0.138. The van der Waals surface area contributed by atoms with Gasteiger partial charge >= 0.3 is 12.4 Å². The van der Waals surface area contributed by atoms with Gasteiger partial charge in [0.1, 0.15) is 0 Å². The highest BCUT2D eigenvalue weighted by Gasteiger charge is 2.34. The summed E-state index contributed by atoms with van der Waals surface area (Å²) in [5, 5.41) is 0. The van der Waals surface area contributed by atoms with Crippen LogP contribution in [0.2, 0.25) is 0 Å². The highest BCUT2D eigenvalue weighted by Crippen LogP contribution is 2.35. The molecule has 9 heteroatoms. The average molecular weight is 378 g/mol. The largest absolute Gasteiger partial charge is 0.417 e. The monoisotopic (exact) mass is 377 g/mol. The van der Waals surface area contributed by atoms with Crippen LogP contribution in [0.3, 0.4) is 0 Å². The van der Waals surface area contributed by atoms with Crippen LogP contribution < -0.4 is 0 Å². The standard InChI is InChI=1S/C12H10BrF6NO/c1-20(5-4-11(14,15)16)10(21)7-2-3-9(13)8(6-7)12(17,18)19/h2-3,6H,4-5H2,1H3. The molecular weight excluding hydrogens is 368 g/mol. The quantitative estimate of drug-likeness (QED) is 0.710. The van der Waals surface area contributed by atoms with Gasteiger partial charge in [-0.3, -0.25) is 4.79 Å². The first-order valence-corrected chi connectivity index (χ1v) is 6.40.